The average Bonchev–Trinajstić information content (AvgIpc) is 2.64. The minimum atomic E-state index is -3.83. The largest absolute Gasteiger partial charge is 0.322 e. The van der Waals surface area contributed by atoms with E-state index in [2.05, 4.69) is 10.0 Å². The number of anilines is 2. The van der Waals surface area contributed by atoms with Gasteiger partial charge in [-0.3, -0.25) is 9.52 Å². The van der Waals surface area contributed by atoms with E-state index in [0.717, 1.165) is 5.56 Å². The number of rotatable bonds is 5. The van der Waals surface area contributed by atoms with Crippen LogP contribution < -0.4 is 10.0 Å². The van der Waals surface area contributed by atoms with Gasteiger partial charge in [0.05, 0.1) is 4.90 Å². The summed E-state index contributed by atoms with van der Waals surface area (Å²) in [6, 6.07) is 18.3. The van der Waals surface area contributed by atoms with Crippen molar-refractivity contribution in [3.63, 3.8) is 0 Å². The van der Waals surface area contributed by atoms with Crippen LogP contribution >= 0.6 is 11.6 Å². The maximum absolute atomic E-state index is 12.8. The highest BCUT2D eigenvalue weighted by atomic mass is 35.5. The average molecular weight is 415 g/mol. The summed E-state index contributed by atoms with van der Waals surface area (Å²) in [5.41, 5.74) is 2.66. The molecular formula is C21H19ClN2O3S. The summed E-state index contributed by atoms with van der Waals surface area (Å²) >= 11 is 5.94. The molecular weight excluding hydrogens is 396 g/mol. The quantitative estimate of drug-likeness (QED) is 0.616. The van der Waals surface area contributed by atoms with Crippen molar-refractivity contribution in [3.8, 4) is 0 Å². The second kappa shape index (κ2) is 8.04. The van der Waals surface area contributed by atoms with Crippen molar-refractivity contribution in [3.05, 3.63) is 88.4 Å². The number of carbonyl (C=O) groups is 1. The van der Waals surface area contributed by atoms with Gasteiger partial charge in [0.15, 0.2) is 0 Å². The first-order chi connectivity index (χ1) is 13.3. The van der Waals surface area contributed by atoms with Crippen LogP contribution in [-0.2, 0) is 10.0 Å². The van der Waals surface area contributed by atoms with Crippen LogP contribution in [0.25, 0.3) is 0 Å². The van der Waals surface area contributed by atoms with Crippen LogP contribution in [0.5, 0.6) is 0 Å². The lowest BCUT2D eigenvalue weighted by Crippen LogP contribution is -2.17. The van der Waals surface area contributed by atoms with E-state index < -0.39 is 15.9 Å². The van der Waals surface area contributed by atoms with E-state index in [0.29, 0.717) is 22.0 Å². The number of benzene rings is 3. The zero-order valence-electron chi connectivity index (χ0n) is 15.4. The zero-order chi connectivity index (χ0) is 20.3. The number of carbonyl (C=O) groups excluding carboxylic acids is 1. The molecule has 0 heterocycles. The topological polar surface area (TPSA) is 75.3 Å². The Balaban J connectivity index is 1.89. The highest BCUT2D eigenvalue weighted by Gasteiger charge is 2.19. The van der Waals surface area contributed by atoms with Gasteiger partial charge in [0.2, 0.25) is 0 Å². The van der Waals surface area contributed by atoms with E-state index >= 15 is 0 Å². The van der Waals surface area contributed by atoms with Crippen LogP contribution in [-0.4, -0.2) is 14.3 Å². The summed E-state index contributed by atoms with van der Waals surface area (Å²) in [6.07, 6.45) is 0. The van der Waals surface area contributed by atoms with E-state index in [9.17, 15) is 13.2 Å². The lowest BCUT2D eigenvalue weighted by molar-refractivity contribution is 0.102. The Kier molecular flexibility index (Phi) is 5.72. The molecule has 3 aromatic carbocycles. The molecule has 0 spiro atoms. The number of para-hydroxylation sites is 1. The van der Waals surface area contributed by atoms with Gasteiger partial charge in [0, 0.05) is 22.0 Å². The maximum Gasteiger partial charge on any atom is 0.262 e. The Bertz CT molecular complexity index is 1130. The number of amides is 1. The van der Waals surface area contributed by atoms with Crippen molar-refractivity contribution < 1.29 is 13.2 Å². The molecule has 144 valence electrons. The Morgan fingerprint density at radius 2 is 1.61 bits per heavy atom. The first kappa shape index (κ1) is 19.9. The SMILES string of the molecule is Cc1cc(Cl)ccc1NC(=O)c1ccc(C)c(S(=O)(=O)Nc2ccccc2)c1. The molecule has 3 aromatic rings. The Labute approximate surface area is 169 Å². The Morgan fingerprint density at radius 1 is 0.893 bits per heavy atom. The number of halogens is 1. The summed E-state index contributed by atoms with van der Waals surface area (Å²) in [5, 5.41) is 3.36. The molecule has 2 N–H and O–H groups in total. The molecule has 0 aliphatic rings. The van der Waals surface area contributed by atoms with Crippen molar-refractivity contribution in [2.45, 2.75) is 18.7 Å². The highest BCUT2D eigenvalue weighted by Crippen LogP contribution is 2.23. The van der Waals surface area contributed by atoms with Gasteiger partial charge in [-0.2, -0.15) is 0 Å². The summed E-state index contributed by atoms with van der Waals surface area (Å²) in [7, 11) is -3.83. The fourth-order valence-corrected chi connectivity index (χ4v) is 4.27. The van der Waals surface area contributed by atoms with Crippen LogP contribution in [0.2, 0.25) is 5.02 Å². The van der Waals surface area contributed by atoms with Crippen LogP contribution in [0.3, 0.4) is 0 Å². The van der Waals surface area contributed by atoms with Crippen LogP contribution in [0, 0.1) is 13.8 Å². The van der Waals surface area contributed by atoms with Gasteiger partial charge >= 0.3 is 0 Å². The highest BCUT2D eigenvalue weighted by molar-refractivity contribution is 7.92. The predicted octanol–water partition coefficient (Wildman–Crippen LogP) is 5.01. The molecule has 0 bridgehead atoms. The van der Waals surface area contributed by atoms with Gasteiger partial charge in [-0.25, -0.2) is 8.42 Å². The van der Waals surface area contributed by atoms with Gasteiger partial charge in [0.25, 0.3) is 15.9 Å². The molecule has 0 aromatic heterocycles. The monoisotopic (exact) mass is 414 g/mol. The number of sulfonamides is 1. The smallest absolute Gasteiger partial charge is 0.262 e. The molecule has 7 heteroatoms. The zero-order valence-corrected chi connectivity index (χ0v) is 16.9. The van der Waals surface area contributed by atoms with E-state index in [1.807, 2.05) is 6.92 Å². The molecule has 28 heavy (non-hydrogen) atoms. The van der Waals surface area contributed by atoms with E-state index in [1.54, 1.807) is 67.6 Å². The molecule has 0 saturated heterocycles. The number of hydrogen-bond acceptors (Lipinski definition) is 3. The molecule has 0 unspecified atom stereocenters. The van der Waals surface area contributed by atoms with Crippen molar-refractivity contribution in [1.82, 2.24) is 0 Å². The number of nitrogens with one attached hydrogen (secondary N) is 2. The van der Waals surface area contributed by atoms with Gasteiger partial charge in [-0.15, -0.1) is 0 Å². The van der Waals surface area contributed by atoms with E-state index in [1.165, 1.54) is 6.07 Å². The van der Waals surface area contributed by atoms with Crippen molar-refractivity contribution in [2.24, 2.45) is 0 Å². The molecule has 0 radical (unpaired) electrons. The summed E-state index contributed by atoms with van der Waals surface area (Å²) in [5.74, 6) is -0.401. The van der Waals surface area contributed by atoms with E-state index in [-0.39, 0.29) is 10.5 Å². The molecule has 0 atom stereocenters. The third-order valence-corrected chi connectivity index (χ3v) is 5.96. The summed E-state index contributed by atoms with van der Waals surface area (Å²) < 4.78 is 28.1. The Hall–Kier alpha value is -2.83. The fourth-order valence-electron chi connectivity index (χ4n) is 2.71. The molecule has 3 rings (SSSR count). The van der Waals surface area contributed by atoms with Crippen molar-refractivity contribution >= 4 is 38.9 Å². The lowest BCUT2D eigenvalue weighted by atomic mass is 10.1. The van der Waals surface area contributed by atoms with Crippen LogP contribution in [0.4, 0.5) is 11.4 Å². The van der Waals surface area contributed by atoms with Gasteiger partial charge < -0.3 is 5.32 Å². The van der Waals surface area contributed by atoms with Crippen LogP contribution in [0.1, 0.15) is 21.5 Å². The minimum Gasteiger partial charge on any atom is -0.322 e. The predicted molar refractivity (Wildman–Crippen MR) is 113 cm³/mol. The first-order valence-corrected chi connectivity index (χ1v) is 10.4. The molecule has 0 aliphatic heterocycles. The second-order valence-corrected chi connectivity index (χ2v) is 8.45. The number of aryl methyl sites for hydroxylation is 2. The van der Waals surface area contributed by atoms with Gasteiger partial charge in [-0.05, 0) is 67.4 Å². The van der Waals surface area contributed by atoms with E-state index in [4.69, 9.17) is 11.6 Å². The van der Waals surface area contributed by atoms with Crippen LogP contribution in [0.15, 0.2) is 71.6 Å². The Morgan fingerprint density at radius 3 is 2.29 bits per heavy atom. The molecule has 0 saturated carbocycles. The third kappa shape index (κ3) is 4.52. The van der Waals surface area contributed by atoms with Crippen molar-refractivity contribution in [1.29, 1.82) is 0 Å². The summed E-state index contributed by atoms with van der Waals surface area (Å²) in [6.45, 7) is 3.51. The van der Waals surface area contributed by atoms with Gasteiger partial charge in [-0.1, -0.05) is 35.9 Å². The summed E-state index contributed by atoms with van der Waals surface area (Å²) in [4.78, 5) is 12.7. The standard InChI is InChI=1S/C21H19ClN2O3S/c1-14-8-9-16(21(25)23-19-11-10-17(22)12-15(19)2)13-20(14)28(26,27)24-18-6-4-3-5-7-18/h3-13,24H,1-2H3,(H,23,25). The molecule has 0 fully saturated rings. The normalized spacial score (nSPS) is 11.1. The third-order valence-electron chi connectivity index (χ3n) is 4.20. The maximum atomic E-state index is 12.8. The molecule has 1 amide bonds. The molecule has 0 aliphatic carbocycles. The minimum absolute atomic E-state index is 0.0526. The second-order valence-electron chi connectivity index (χ2n) is 6.37. The molecule has 5 nitrogen and oxygen atoms in total. The van der Waals surface area contributed by atoms with Gasteiger partial charge in [0.1, 0.15) is 0 Å². The first-order valence-electron chi connectivity index (χ1n) is 8.52. The fraction of sp³-hybridized carbons (Fsp3) is 0.0952. The van der Waals surface area contributed by atoms with Crippen molar-refractivity contribution in [2.75, 3.05) is 10.0 Å². The lowest BCUT2D eigenvalue weighted by Gasteiger charge is -2.13. The number of hydrogen-bond donors (Lipinski definition) is 2.